The zero-order valence-electron chi connectivity index (χ0n) is 5.14. The second kappa shape index (κ2) is 4.63. The number of hydrogen-bond donors (Lipinski definition) is 1. The minimum Gasteiger partial charge on any atom is -0.351 e. The van der Waals surface area contributed by atoms with Gasteiger partial charge in [0.15, 0.2) is 0 Å². The summed E-state index contributed by atoms with van der Waals surface area (Å²) in [4.78, 5) is 6.42. The first-order chi connectivity index (χ1) is 5.00. The van der Waals surface area contributed by atoms with E-state index in [1.54, 1.807) is 24.9 Å². The van der Waals surface area contributed by atoms with E-state index in [0.29, 0.717) is 0 Å². The number of aromatic amines is 1. The smallest absolute Gasteiger partial charge is 0.0919 e. The van der Waals surface area contributed by atoms with Gasteiger partial charge in [0.2, 0.25) is 0 Å². The van der Waals surface area contributed by atoms with Crippen molar-refractivity contribution in [3.8, 4) is 0 Å². The average Bonchev–Trinajstić information content (AvgIpc) is 2.67. The Morgan fingerprint density at radius 2 is 2.30 bits per heavy atom. The average molecular weight is 154 g/mol. The second-order valence-electron chi connectivity index (χ2n) is 1.35. The molecular formula is C5H6N4S. The standard InChI is InChI=1S/C3H4N2.C2H2N2S/c1-2-5-3-4-1;1-2-5-4-3-1/h1-3H,(H,4,5);1-2H. The lowest BCUT2D eigenvalue weighted by Gasteiger charge is -1.46. The molecule has 0 saturated heterocycles. The maximum atomic E-state index is 3.67. The molecular weight excluding hydrogens is 148 g/mol. The molecule has 2 aromatic rings. The van der Waals surface area contributed by atoms with Gasteiger partial charge in [-0.1, -0.05) is 4.49 Å². The van der Waals surface area contributed by atoms with Crippen LogP contribution in [0.1, 0.15) is 0 Å². The van der Waals surface area contributed by atoms with Gasteiger partial charge in [0.25, 0.3) is 0 Å². The van der Waals surface area contributed by atoms with Gasteiger partial charge in [0.05, 0.1) is 12.5 Å². The monoisotopic (exact) mass is 154 g/mol. The Bertz CT molecular complexity index is 153. The quantitative estimate of drug-likeness (QED) is 0.614. The van der Waals surface area contributed by atoms with Crippen LogP contribution in [0, 0.1) is 0 Å². The number of H-pyrrole nitrogens is 1. The molecule has 4 nitrogen and oxygen atoms in total. The van der Waals surface area contributed by atoms with E-state index >= 15 is 0 Å². The Labute approximate surface area is 62.1 Å². The van der Waals surface area contributed by atoms with Crippen LogP contribution in [0.5, 0.6) is 0 Å². The Morgan fingerprint density at radius 3 is 2.50 bits per heavy atom. The highest BCUT2D eigenvalue weighted by atomic mass is 32.1. The summed E-state index contributed by atoms with van der Waals surface area (Å²) in [6.07, 6.45) is 6.74. The van der Waals surface area contributed by atoms with E-state index in [2.05, 4.69) is 19.6 Å². The summed E-state index contributed by atoms with van der Waals surface area (Å²) in [5, 5.41) is 5.31. The van der Waals surface area contributed by atoms with E-state index in [4.69, 9.17) is 0 Å². The van der Waals surface area contributed by atoms with E-state index in [9.17, 15) is 0 Å². The van der Waals surface area contributed by atoms with Crippen LogP contribution in [0.2, 0.25) is 0 Å². The summed E-state index contributed by atoms with van der Waals surface area (Å²) in [7, 11) is 0. The van der Waals surface area contributed by atoms with Gasteiger partial charge in [-0.25, -0.2) is 4.98 Å². The Balaban J connectivity index is 0.0000001000. The fourth-order valence-corrected chi connectivity index (χ4v) is 0.623. The lowest BCUT2D eigenvalue weighted by molar-refractivity contribution is 1.16. The molecule has 0 aliphatic carbocycles. The predicted molar refractivity (Wildman–Crippen MR) is 38.5 cm³/mol. The summed E-state index contributed by atoms with van der Waals surface area (Å²) in [6, 6.07) is 0. The van der Waals surface area contributed by atoms with Gasteiger partial charge in [0, 0.05) is 17.8 Å². The molecule has 10 heavy (non-hydrogen) atoms. The Morgan fingerprint density at radius 1 is 1.30 bits per heavy atom. The van der Waals surface area contributed by atoms with Gasteiger partial charge in [0.1, 0.15) is 0 Å². The predicted octanol–water partition coefficient (Wildman–Crippen LogP) is 0.948. The van der Waals surface area contributed by atoms with E-state index in [0.717, 1.165) is 0 Å². The lowest BCUT2D eigenvalue weighted by atomic mass is 11.0. The summed E-state index contributed by atoms with van der Waals surface area (Å²) < 4.78 is 3.51. The molecule has 1 N–H and O–H groups in total. The van der Waals surface area contributed by atoms with Crippen molar-refractivity contribution in [3.05, 3.63) is 30.3 Å². The number of aromatic nitrogens is 4. The van der Waals surface area contributed by atoms with Crippen molar-refractivity contribution in [2.24, 2.45) is 0 Å². The van der Waals surface area contributed by atoms with Gasteiger partial charge in [-0.2, -0.15) is 0 Å². The van der Waals surface area contributed by atoms with Crippen LogP contribution < -0.4 is 0 Å². The van der Waals surface area contributed by atoms with Crippen molar-refractivity contribution >= 4 is 11.5 Å². The molecule has 2 heterocycles. The molecule has 2 rings (SSSR count). The molecule has 0 aliphatic rings. The molecule has 0 aliphatic heterocycles. The number of nitrogens with zero attached hydrogens (tertiary/aromatic N) is 3. The van der Waals surface area contributed by atoms with Crippen LogP contribution in [0.15, 0.2) is 30.3 Å². The third-order valence-electron chi connectivity index (χ3n) is 0.689. The topological polar surface area (TPSA) is 54.5 Å². The van der Waals surface area contributed by atoms with Gasteiger partial charge in [-0.15, -0.1) is 5.10 Å². The Hall–Kier alpha value is -1.23. The molecule has 52 valence electrons. The van der Waals surface area contributed by atoms with Gasteiger partial charge >= 0.3 is 0 Å². The Kier molecular flexibility index (Phi) is 3.19. The minimum absolute atomic E-state index is 1.35. The molecule has 5 heteroatoms. The number of rotatable bonds is 0. The second-order valence-corrected chi connectivity index (χ2v) is 1.99. The van der Waals surface area contributed by atoms with Gasteiger partial charge in [-0.3, -0.25) is 0 Å². The van der Waals surface area contributed by atoms with Crippen LogP contribution in [-0.4, -0.2) is 19.6 Å². The lowest BCUT2D eigenvalue weighted by Crippen LogP contribution is -1.51. The normalized spacial score (nSPS) is 8.00. The fraction of sp³-hybridized carbons (Fsp3) is 0. The minimum atomic E-state index is 1.35. The van der Waals surface area contributed by atoms with E-state index in [1.165, 1.54) is 11.5 Å². The van der Waals surface area contributed by atoms with Crippen LogP contribution in [0.25, 0.3) is 0 Å². The van der Waals surface area contributed by atoms with Crippen LogP contribution in [-0.2, 0) is 0 Å². The van der Waals surface area contributed by atoms with E-state index < -0.39 is 0 Å². The summed E-state index contributed by atoms with van der Waals surface area (Å²) in [6.45, 7) is 0. The largest absolute Gasteiger partial charge is 0.351 e. The maximum Gasteiger partial charge on any atom is 0.0919 e. The molecule has 0 fully saturated rings. The van der Waals surface area contributed by atoms with Crippen molar-refractivity contribution in [1.82, 2.24) is 19.6 Å². The van der Waals surface area contributed by atoms with Gasteiger partial charge in [-0.05, 0) is 11.5 Å². The van der Waals surface area contributed by atoms with Crippen molar-refractivity contribution in [2.75, 3.05) is 0 Å². The summed E-state index contributed by atoms with van der Waals surface area (Å²) in [5.41, 5.74) is 0. The molecule has 0 radical (unpaired) electrons. The molecule has 0 amide bonds. The van der Waals surface area contributed by atoms with Crippen molar-refractivity contribution in [3.63, 3.8) is 0 Å². The third-order valence-corrected chi connectivity index (χ3v) is 1.12. The number of nitrogens with one attached hydrogen (secondary N) is 1. The maximum absolute atomic E-state index is 3.67. The fourth-order valence-electron chi connectivity index (χ4n) is 0.351. The highest BCUT2D eigenvalue weighted by Crippen LogP contribution is 1.78. The van der Waals surface area contributed by atoms with Crippen molar-refractivity contribution in [1.29, 1.82) is 0 Å². The van der Waals surface area contributed by atoms with Crippen LogP contribution in [0.4, 0.5) is 0 Å². The number of imidazole rings is 1. The van der Waals surface area contributed by atoms with E-state index in [1.807, 2.05) is 5.38 Å². The zero-order valence-corrected chi connectivity index (χ0v) is 5.95. The van der Waals surface area contributed by atoms with Crippen molar-refractivity contribution < 1.29 is 0 Å². The molecule has 0 aromatic carbocycles. The summed E-state index contributed by atoms with van der Waals surface area (Å²) >= 11 is 1.35. The summed E-state index contributed by atoms with van der Waals surface area (Å²) in [5.74, 6) is 0. The van der Waals surface area contributed by atoms with Crippen LogP contribution in [0.3, 0.4) is 0 Å². The molecule has 0 bridgehead atoms. The van der Waals surface area contributed by atoms with Crippen LogP contribution >= 0.6 is 11.5 Å². The molecule has 0 unspecified atom stereocenters. The van der Waals surface area contributed by atoms with E-state index in [-0.39, 0.29) is 0 Å². The number of hydrogen-bond acceptors (Lipinski definition) is 4. The first kappa shape index (κ1) is 6.88. The zero-order chi connectivity index (χ0) is 7.07. The first-order valence-electron chi connectivity index (χ1n) is 2.64. The SMILES string of the molecule is c1c[nH]cn1.c1csnn1. The highest BCUT2D eigenvalue weighted by Gasteiger charge is 1.61. The van der Waals surface area contributed by atoms with Gasteiger partial charge < -0.3 is 4.98 Å². The van der Waals surface area contributed by atoms with Crippen molar-refractivity contribution in [2.45, 2.75) is 0 Å². The molecule has 0 saturated carbocycles. The first-order valence-corrected chi connectivity index (χ1v) is 3.47. The molecule has 2 aromatic heterocycles. The molecule has 0 atom stereocenters. The molecule has 0 spiro atoms. The third kappa shape index (κ3) is 2.93. The highest BCUT2D eigenvalue weighted by molar-refractivity contribution is 7.03.